The molecule has 3 rings (SSSR count). The van der Waals surface area contributed by atoms with Crippen molar-refractivity contribution in [2.24, 2.45) is 17.4 Å². The van der Waals surface area contributed by atoms with Crippen LogP contribution < -0.4 is 21.8 Å². The van der Waals surface area contributed by atoms with Crippen LogP contribution in [-0.2, 0) is 36.6 Å². The number of unbranched alkanes of at least 4 members (excludes halogenated alkanes) is 2. The Bertz CT molecular complexity index is 1820. The monoisotopic (exact) mass is 798 g/mol. The minimum atomic E-state index is -5.97. The van der Waals surface area contributed by atoms with E-state index in [2.05, 4.69) is 25.9 Å². The SMILES string of the molecule is CCCCCc1ccc(-c2cc3ccc(OCC(F)(F)OC(F)(F)OC(F)(F)OC(F)(F)COC(=O)C(CC(C)(C)N)C(C)(C)N)cc3oc2=O)c(CC)c1. The van der Waals surface area contributed by atoms with Gasteiger partial charge in [-0.15, -0.1) is 17.6 Å². The predicted molar refractivity (Wildman–Crippen MR) is 185 cm³/mol. The quantitative estimate of drug-likeness (QED) is 0.0354. The van der Waals surface area contributed by atoms with Gasteiger partial charge in [0.15, 0.2) is 13.2 Å². The molecule has 0 fully saturated rings. The van der Waals surface area contributed by atoms with E-state index in [9.17, 15) is 44.7 Å². The number of aryl methyl sites for hydroxylation is 2. The van der Waals surface area contributed by atoms with Crippen molar-refractivity contribution in [1.29, 1.82) is 0 Å². The van der Waals surface area contributed by atoms with Crippen molar-refractivity contribution in [3.05, 3.63) is 64.0 Å². The van der Waals surface area contributed by atoms with Crippen molar-refractivity contribution < 1.29 is 68.0 Å². The van der Waals surface area contributed by atoms with Crippen LogP contribution in [0.25, 0.3) is 22.1 Å². The number of alkyl halides is 8. The van der Waals surface area contributed by atoms with E-state index < -0.39 is 72.4 Å². The average molecular weight is 799 g/mol. The summed E-state index contributed by atoms with van der Waals surface area (Å²) in [4.78, 5) is 25.4. The highest BCUT2D eigenvalue weighted by Crippen LogP contribution is 2.38. The molecule has 1 atom stereocenters. The van der Waals surface area contributed by atoms with Gasteiger partial charge in [-0.2, -0.15) is 17.6 Å². The molecule has 0 spiro atoms. The molecule has 0 amide bonds. The summed E-state index contributed by atoms with van der Waals surface area (Å²) in [5.74, 6) is -3.14. The molecular weight excluding hydrogens is 752 g/mol. The van der Waals surface area contributed by atoms with Crippen LogP contribution in [0.4, 0.5) is 35.1 Å². The molecule has 308 valence electrons. The number of carbonyl (C=O) groups is 1. The van der Waals surface area contributed by atoms with E-state index in [0.29, 0.717) is 17.4 Å². The molecule has 0 aliphatic rings. The molecule has 0 saturated heterocycles. The number of nitrogens with two attached hydrogens (primary N) is 2. The Morgan fingerprint density at radius 1 is 0.782 bits per heavy atom. The molecule has 1 aromatic heterocycles. The summed E-state index contributed by atoms with van der Waals surface area (Å²) < 4.78 is 136. The Morgan fingerprint density at radius 2 is 1.40 bits per heavy atom. The van der Waals surface area contributed by atoms with Crippen molar-refractivity contribution in [2.45, 2.75) is 116 Å². The van der Waals surface area contributed by atoms with Crippen LogP contribution in [0, 0.1) is 5.92 Å². The second-order valence-electron chi connectivity index (χ2n) is 14.4. The van der Waals surface area contributed by atoms with Gasteiger partial charge in [0.1, 0.15) is 11.3 Å². The zero-order chi connectivity index (χ0) is 41.6. The van der Waals surface area contributed by atoms with Gasteiger partial charge in [0.25, 0.3) is 0 Å². The molecule has 55 heavy (non-hydrogen) atoms. The lowest BCUT2D eigenvalue weighted by Crippen LogP contribution is -2.51. The van der Waals surface area contributed by atoms with Gasteiger partial charge in [-0.1, -0.05) is 44.9 Å². The maximum absolute atomic E-state index is 14.3. The van der Waals surface area contributed by atoms with Gasteiger partial charge in [0.05, 0.1) is 11.5 Å². The van der Waals surface area contributed by atoms with Crippen LogP contribution in [-0.4, -0.2) is 55.1 Å². The molecule has 0 radical (unpaired) electrons. The van der Waals surface area contributed by atoms with Gasteiger partial charge >= 0.3 is 36.4 Å². The Hall–Kier alpha value is -3.84. The number of halogens is 8. The first-order valence-electron chi connectivity index (χ1n) is 17.3. The maximum Gasteiger partial charge on any atom is 0.496 e. The van der Waals surface area contributed by atoms with Gasteiger partial charge in [-0.05, 0) is 88.3 Å². The number of rotatable bonds is 21. The Kier molecular flexibility index (Phi) is 14.5. The van der Waals surface area contributed by atoms with Gasteiger partial charge in [0.2, 0.25) is 0 Å². The van der Waals surface area contributed by atoms with Crippen molar-refractivity contribution in [3.8, 4) is 16.9 Å². The third-order valence-corrected chi connectivity index (χ3v) is 8.09. The summed E-state index contributed by atoms with van der Waals surface area (Å²) in [6, 6.07) is 10.8. The number of carbonyl (C=O) groups excluding carboxylic acids is 1. The van der Waals surface area contributed by atoms with Crippen molar-refractivity contribution in [1.82, 2.24) is 0 Å². The molecule has 18 heteroatoms. The van der Waals surface area contributed by atoms with E-state index in [1.165, 1.54) is 39.8 Å². The molecule has 2 aromatic carbocycles. The summed E-state index contributed by atoms with van der Waals surface area (Å²) in [6.07, 6.45) is -17.7. The molecule has 0 aliphatic heterocycles. The van der Waals surface area contributed by atoms with Crippen LogP contribution in [0.2, 0.25) is 0 Å². The lowest BCUT2D eigenvalue weighted by atomic mass is 9.80. The van der Waals surface area contributed by atoms with Crippen molar-refractivity contribution in [3.63, 3.8) is 0 Å². The molecule has 0 aliphatic carbocycles. The fourth-order valence-corrected chi connectivity index (χ4v) is 5.49. The first kappa shape index (κ1) is 45.5. The third kappa shape index (κ3) is 14.3. The normalized spacial score (nSPS) is 14.0. The zero-order valence-corrected chi connectivity index (χ0v) is 31.2. The molecule has 3 aromatic rings. The second-order valence-corrected chi connectivity index (χ2v) is 14.4. The highest BCUT2D eigenvalue weighted by Gasteiger charge is 2.57. The van der Waals surface area contributed by atoms with E-state index in [0.717, 1.165) is 48.9 Å². The van der Waals surface area contributed by atoms with E-state index in [1.54, 1.807) is 0 Å². The Balaban J connectivity index is 1.64. The first-order chi connectivity index (χ1) is 25.1. The van der Waals surface area contributed by atoms with Crippen LogP contribution in [0.3, 0.4) is 0 Å². The molecule has 0 saturated carbocycles. The van der Waals surface area contributed by atoms with Gasteiger partial charge in [-0.25, -0.2) is 19.0 Å². The smallest absolute Gasteiger partial charge is 0.484 e. The number of ether oxygens (including phenoxy) is 5. The van der Waals surface area contributed by atoms with Gasteiger partial charge < -0.3 is 25.4 Å². The average Bonchev–Trinajstić information content (AvgIpc) is 3.02. The second kappa shape index (κ2) is 17.5. The number of esters is 1. The third-order valence-electron chi connectivity index (χ3n) is 8.09. The first-order valence-corrected chi connectivity index (χ1v) is 17.3. The fourth-order valence-electron chi connectivity index (χ4n) is 5.49. The highest BCUT2D eigenvalue weighted by molar-refractivity contribution is 5.83. The number of fused-ring (bicyclic) bond motifs is 1. The van der Waals surface area contributed by atoms with Crippen LogP contribution in [0.15, 0.2) is 51.7 Å². The summed E-state index contributed by atoms with van der Waals surface area (Å²) in [7, 11) is 0. The largest absolute Gasteiger partial charge is 0.496 e. The van der Waals surface area contributed by atoms with Crippen LogP contribution in [0.5, 0.6) is 5.75 Å². The summed E-state index contributed by atoms with van der Waals surface area (Å²) in [5, 5.41) is 0.357. The predicted octanol–water partition coefficient (Wildman–Crippen LogP) is 8.49. The number of benzene rings is 2. The summed E-state index contributed by atoms with van der Waals surface area (Å²) in [5.41, 5.74) is 11.4. The zero-order valence-electron chi connectivity index (χ0n) is 31.2. The van der Waals surface area contributed by atoms with Gasteiger partial charge in [0, 0.05) is 22.5 Å². The lowest BCUT2D eigenvalue weighted by Gasteiger charge is -2.34. The minimum absolute atomic E-state index is 0.118. The Morgan fingerprint density at radius 3 is 1.96 bits per heavy atom. The van der Waals surface area contributed by atoms with Crippen LogP contribution >= 0.6 is 0 Å². The number of hydrogen-bond acceptors (Lipinski definition) is 10. The molecule has 10 nitrogen and oxygen atoms in total. The van der Waals surface area contributed by atoms with Crippen LogP contribution in [0.1, 0.15) is 78.4 Å². The molecule has 1 unspecified atom stereocenters. The van der Waals surface area contributed by atoms with Crippen molar-refractivity contribution in [2.75, 3.05) is 13.2 Å². The Labute approximate surface area is 312 Å². The molecule has 0 bridgehead atoms. The van der Waals surface area contributed by atoms with Gasteiger partial charge in [-0.3, -0.25) is 4.79 Å². The summed E-state index contributed by atoms with van der Waals surface area (Å²) >= 11 is 0. The maximum atomic E-state index is 14.3. The minimum Gasteiger partial charge on any atom is -0.484 e. The lowest BCUT2D eigenvalue weighted by molar-refractivity contribution is -0.574. The van der Waals surface area contributed by atoms with E-state index in [-0.39, 0.29) is 17.6 Å². The summed E-state index contributed by atoms with van der Waals surface area (Å²) in [6.45, 7) is 5.46. The molecule has 4 N–H and O–H groups in total. The number of hydrogen-bond donors (Lipinski definition) is 2. The standard InChI is InChI=1S/C37H46F8N2O8/c1-7-9-10-11-22-12-15-26(23(8-2)16-22)27-17-24-13-14-25(18-29(24)52-30(27)48)50-20-34(38,39)53-36(42,43)55-37(44,45)54-35(40,41)21-51-31(49)28(33(5,6)47)19-32(3,4)46/h12-18,28H,7-11,19-21,46-47H2,1-6H3. The molecular formula is C37H46F8N2O8. The van der Waals surface area contributed by atoms with E-state index >= 15 is 0 Å². The highest BCUT2D eigenvalue weighted by atomic mass is 19.3. The van der Waals surface area contributed by atoms with E-state index in [1.807, 2.05) is 25.1 Å². The molecule has 1 heterocycles. The fraction of sp³-hybridized carbons (Fsp3) is 0.568. The topological polar surface area (TPSA) is 145 Å². The van der Waals surface area contributed by atoms with E-state index in [4.69, 9.17) is 20.6 Å². The van der Waals surface area contributed by atoms with Crippen molar-refractivity contribution >= 4 is 16.9 Å².